The van der Waals surface area contributed by atoms with Crippen LogP contribution < -0.4 is 5.32 Å². The largest absolute Gasteiger partial charge is 0.393 e. The molecule has 17 heavy (non-hydrogen) atoms. The molecular formula is C15H27NO. The van der Waals surface area contributed by atoms with Gasteiger partial charge in [-0.2, -0.15) is 0 Å². The van der Waals surface area contributed by atoms with Crippen LogP contribution >= 0.6 is 0 Å². The van der Waals surface area contributed by atoms with Crippen LogP contribution in [0.4, 0.5) is 0 Å². The predicted octanol–water partition coefficient (Wildman–Crippen LogP) is 2.42. The van der Waals surface area contributed by atoms with Crippen molar-refractivity contribution in [3.8, 4) is 0 Å². The fourth-order valence-corrected chi connectivity index (χ4v) is 5.08. The van der Waals surface area contributed by atoms with Gasteiger partial charge in [-0.25, -0.2) is 0 Å². The molecule has 7 unspecified atom stereocenters. The minimum atomic E-state index is -0.0643. The first-order chi connectivity index (χ1) is 8.16. The highest BCUT2D eigenvalue weighted by Crippen LogP contribution is 2.45. The maximum Gasteiger partial charge on any atom is 0.0588 e. The van der Waals surface area contributed by atoms with E-state index in [2.05, 4.69) is 19.2 Å². The Hall–Kier alpha value is -0.0800. The van der Waals surface area contributed by atoms with Gasteiger partial charge in [-0.3, -0.25) is 0 Å². The summed E-state index contributed by atoms with van der Waals surface area (Å²) in [5.41, 5.74) is 0. The Morgan fingerprint density at radius 1 is 1.12 bits per heavy atom. The van der Waals surface area contributed by atoms with E-state index in [1.54, 1.807) is 0 Å². The number of hydrogen-bond donors (Lipinski definition) is 2. The van der Waals surface area contributed by atoms with Crippen molar-refractivity contribution >= 4 is 0 Å². The van der Waals surface area contributed by atoms with Gasteiger partial charge in [0.25, 0.3) is 0 Å². The van der Waals surface area contributed by atoms with Crippen molar-refractivity contribution in [2.45, 2.75) is 58.1 Å². The van der Waals surface area contributed by atoms with Crippen LogP contribution in [0.25, 0.3) is 0 Å². The first kappa shape index (κ1) is 12.0. The average molecular weight is 237 g/mol. The predicted molar refractivity (Wildman–Crippen MR) is 69.7 cm³/mol. The van der Waals surface area contributed by atoms with Gasteiger partial charge in [0.15, 0.2) is 0 Å². The lowest BCUT2D eigenvalue weighted by Crippen LogP contribution is -2.48. The fraction of sp³-hybridized carbons (Fsp3) is 1.00. The van der Waals surface area contributed by atoms with Gasteiger partial charge < -0.3 is 10.4 Å². The Morgan fingerprint density at radius 3 is 2.71 bits per heavy atom. The molecule has 2 N–H and O–H groups in total. The van der Waals surface area contributed by atoms with Crippen LogP contribution in [0.5, 0.6) is 0 Å². The van der Waals surface area contributed by atoms with Crippen molar-refractivity contribution < 1.29 is 5.11 Å². The molecule has 0 spiro atoms. The van der Waals surface area contributed by atoms with Gasteiger partial charge >= 0.3 is 0 Å². The number of nitrogens with one attached hydrogen (secondary N) is 1. The van der Waals surface area contributed by atoms with Crippen LogP contribution in [0.2, 0.25) is 0 Å². The van der Waals surface area contributed by atoms with Crippen LogP contribution in [0.3, 0.4) is 0 Å². The Bertz CT molecular complexity index is 268. The third-order valence-corrected chi connectivity index (χ3v) is 5.73. The van der Waals surface area contributed by atoms with Crippen molar-refractivity contribution in [3.63, 3.8) is 0 Å². The maximum atomic E-state index is 10.5. The van der Waals surface area contributed by atoms with Crippen LogP contribution in [-0.2, 0) is 0 Å². The molecule has 2 aliphatic carbocycles. The van der Waals surface area contributed by atoms with E-state index in [0.29, 0.717) is 23.8 Å². The molecule has 3 aliphatic rings. The highest BCUT2D eigenvalue weighted by Gasteiger charge is 2.47. The van der Waals surface area contributed by atoms with Gasteiger partial charge in [0.2, 0.25) is 0 Å². The second-order valence-corrected chi connectivity index (χ2v) is 6.99. The standard InChI is InChI=1S/C15H27NO/c1-9-6-10(2)14(13(17)7-9)15-12-5-3-4-11(12)8-16-15/h9-17H,3-8H2,1-2H3. The SMILES string of the molecule is CC1CC(C)C(C2NCC3CCCC32)C(O)C1. The second kappa shape index (κ2) is 4.55. The highest BCUT2D eigenvalue weighted by molar-refractivity contribution is 5.01. The normalized spacial score (nSPS) is 54.9. The molecule has 0 bridgehead atoms. The van der Waals surface area contributed by atoms with E-state index in [0.717, 1.165) is 18.3 Å². The monoisotopic (exact) mass is 237 g/mol. The van der Waals surface area contributed by atoms with Crippen LogP contribution in [0.15, 0.2) is 0 Å². The summed E-state index contributed by atoms with van der Waals surface area (Å²) >= 11 is 0. The molecular weight excluding hydrogens is 210 g/mol. The van der Waals surface area contributed by atoms with Gasteiger partial charge in [-0.15, -0.1) is 0 Å². The summed E-state index contributed by atoms with van der Waals surface area (Å²) in [5, 5.41) is 14.2. The zero-order valence-electron chi connectivity index (χ0n) is 11.2. The van der Waals surface area contributed by atoms with Crippen LogP contribution in [0, 0.1) is 29.6 Å². The minimum Gasteiger partial charge on any atom is -0.393 e. The van der Waals surface area contributed by atoms with Gasteiger partial charge in [0.05, 0.1) is 6.10 Å². The molecule has 2 saturated carbocycles. The van der Waals surface area contributed by atoms with Gasteiger partial charge in [-0.05, 0) is 55.9 Å². The summed E-state index contributed by atoms with van der Waals surface area (Å²) in [7, 11) is 0. The number of hydrogen-bond acceptors (Lipinski definition) is 2. The summed E-state index contributed by atoms with van der Waals surface area (Å²) in [6.07, 6.45) is 6.49. The molecule has 1 aliphatic heterocycles. The molecule has 7 atom stereocenters. The molecule has 98 valence electrons. The first-order valence-corrected chi connectivity index (χ1v) is 7.58. The van der Waals surface area contributed by atoms with E-state index in [-0.39, 0.29) is 6.10 Å². The summed E-state index contributed by atoms with van der Waals surface area (Å²) < 4.78 is 0. The van der Waals surface area contributed by atoms with E-state index in [9.17, 15) is 5.11 Å². The lowest BCUT2D eigenvalue weighted by atomic mass is 9.68. The van der Waals surface area contributed by atoms with Crippen molar-refractivity contribution in [3.05, 3.63) is 0 Å². The topological polar surface area (TPSA) is 32.3 Å². The Morgan fingerprint density at radius 2 is 1.94 bits per heavy atom. The summed E-state index contributed by atoms with van der Waals surface area (Å²) in [6.45, 7) is 5.85. The highest BCUT2D eigenvalue weighted by atomic mass is 16.3. The number of fused-ring (bicyclic) bond motifs is 1. The Kier molecular flexibility index (Phi) is 3.20. The van der Waals surface area contributed by atoms with E-state index in [4.69, 9.17) is 0 Å². The maximum absolute atomic E-state index is 10.5. The summed E-state index contributed by atoms with van der Waals surface area (Å²) in [5.74, 6) is 3.69. The zero-order valence-corrected chi connectivity index (χ0v) is 11.2. The third-order valence-electron chi connectivity index (χ3n) is 5.73. The molecule has 0 aromatic heterocycles. The molecule has 2 heteroatoms. The van der Waals surface area contributed by atoms with Crippen molar-refractivity contribution in [2.75, 3.05) is 6.54 Å². The molecule has 0 amide bonds. The molecule has 0 aromatic rings. The summed E-state index contributed by atoms with van der Waals surface area (Å²) in [6, 6.07) is 0.611. The average Bonchev–Trinajstić information content (AvgIpc) is 2.80. The van der Waals surface area contributed by atoms with Gasteiger partial charge in [-0.1, -0.05) is 20.3 Å². The van der Waals surface area contributed by atoms with Crippen molar-refractivity contribution in [1.82, 2.24) is 5.32 Å². The lowest BCUT2D eigenvalue weighted by molar-refractivity contribution is -0.00861. The first-order valence-electron chi connectivity index (χ1n) is 7.58. The van der Waals surface area contributed by atoms with Gasteiger partial charge in [0, 0.05) is 12.0 Å². The second-order valence-electron chi connectivity index (χ2n) is 6.99. The van der Waals surface area contributed by atoms with Crippen LogP contribution in [0.1, 0.15) is 46.0 Å². The number of aliphatic hydroxyl groups is 1. The minimum absolute atomic E-state index is 0.0643. The molecule has 3 fully saturated rings. The Labute approximate surface area is 105 Å². The smallest absolute Gasteiger partial charge is 0.0588 e. The van der Waals surface area contributed by atoms with Crippen LogP contribution in [-0.4, -0.2) is 23.8 Å². The van der Waals surface area contributed by atoms with E-state index >= 15 is 0 Å². The lowest BCUT2D eigenvalue weighted by Gasteiger charge is -2.42. The molecule has 0 radical (unpaired) electrons. The molecule has 3 rings (SSSR count). The molecule has 1 heterocycles. The van der Waals surface area contributed by atoms with Crippen molar-refractivity contribution in [1.29, 1.82) is 0 Å². The zero-order chi connectivity index (χ0) is 12.0. The number of rotatable bonds is 1. The van der Waals surface area contributed by atoms with E-state index < -0.39 is 0 Å². The van der Waals surface area contributed by atoms with E-state index in [1.165, 1.54) is 32.2 Å². The molecule has 2 nitrogen and oxygen atoms in total. The molecule has 0 aromatic carbocycles. The van der Waals surface area contributed by atoms with E-state index in [1.807, 2.05) is 0 Å². The third kappa shape index (κ3) is 2.04. The van der Waals surface area contributed by atoms with Gasteiger partial charge in [0.1, 0.15) is 0 Å². The molecule has 1 saturated heterocycles. The van der Waals surface area contributed by atoms with Crippen molar-refractivity contribution in [2.24, 2.45) is 29.6 Å². The quantitative estimate of drug-likeness (QED) is 0.734. The Balaban J connectivity index is 1.74. The number of aliphatic hydroxyl groups excluding tert-OH is 1. The summed E-state index contributed by atoms with van der Waals surface area (Å²) in [4.78, 5) is 0. The fourth-order valence-electron chi connectivity index (χ4n) is 5.08.